The number of H-pyrrole nitrogens is 1. The second-order valence-corrected chi connectivity index (χ2v) is 5.94. The fourth-order valence-corrected chi connectivity index (χ4v) is 3.13. The molecule has 26 heavy (non-hydrogen) atoms. The lowest BCUT2D eigenvalue weighted by molar-refractivity contribution is -0.384. The Morgan fingerprint density at radius 1 is 1.42 bits per heavy atom. The molecule has 4 rings (SSSR count). The van der Waals surface area contributed by atoms with E-state index < -0.39 is 4.92 Å². The van der Waals surface area contributed by atoms with Crippen LogP contribution < -0.4 is 10.2 Å². The summed E-state index contributed by atoms with van der Waals surface area (Å²) in [6.07, 6.45) is 5.47. The number of aromatic amines is 1. The Morgan fingerprint density at radius 2 is 2.31 bits per heavy atom. The summed E-state index contributed by atoms with van der Waals surface area (Å²) in [5, 5.41) is 15.3. The van der Waals surface area contributed by atoms with Crippen LogP contribution in [0.15, 0.2) is 30.9 Å². The van der Waals surface area contributed by atoms with Gasteiger partial charge in [0.25, 0.3) is 0 Å². The molecule has 3 aromatic rings. The van der Waals surface area contributed by atoms with E-state index in [1.54, 1.807) is 0 Å². The zero-order valence-corrected chi connectivity index (χ0v) is 13.6. The Hall–Kier alpha value is -3.74. The van der Waals surface area contributed by atoms with Crippen molar-refractivity contribution in [1.29, 1.82) is 0 Å². The molecule has 0 aliphatic carbocycles. The van der Waals surface area contributed by atoms with E-state index in [1.807, 2.05) is 12.3 Å². The molecule has 0 saturated carbocycles. The van der Waals surface area contributed by atoms with Crippen molar-refractivity contribution in [3.8, 4) is 0 Å². The summed E-state index contributed by atoms with van der Waals surface area (Å²) < 4.78 is 0. The van der Waals surface area contributed by atoms with Gasteiger partial charge in [-0.05, 0) is 12.5 Å². The maximum atomic E-state index is 11.3. The van der Waals surface area contributed by atoms with Crippen LogP contribution in [0.3, 0.4) is 0 Å². The molecule has 1 atom stereocenters. The molecule has 4 heterocycles. The average molecular weight is 350 g/mol. The summed E-state index contributed by atoms with van der Waals surface area (Å²) in [4.78, 5) is 31.7. The molecule has 0 spiro atoms. The minimum absolute atomic E-state index is 0.0102. The van der Waals surface area contributed by atoms with E-state index in [4.69, 9.17) is 6.57 Å². The first-order chi connectivity index (χ1) is 12.7. The Kier molecular flexibility index (Phi) is 3.81. The molecular weight excluding hydrogens is 336 g/mol. The van der Waals surface area contributed by atoms with Crippen LogP contribution in [0.5, 0.6) is 0 Å². The minimum Gasteiger partial charge on any atom is -0.360 e. The SMILES string of the molecule is [C-]#[N+]c1cnc(N[C@@H]2CCN(c3ncnc4[nH]ccc34)C2)c([N+](=O)[O-])c1. The number of hydrogen-bond acceptors (Lipinski definition) is 7. The molecule has 1 saturated heterocycles. The molecule has 3 aromatic heterocycles. The van der Waals surface area contributed by atoms with E-state index in [0.717, 1.165) is 29.8 Å². The molecule has 0 bridgehead atoms. The van der Waals surface area contributed by atoms with Crippen LogP contribution in [0, 0.1) is 16.7 Å². The van der Waals surface area contributed by atoms with E-state index in [9.17, 15) is 10.1 Å². The highest BCUT2D eigenvalue weighted by Gasteiger charge is 2.27. The van der Waals surface area contributed by atoms with Gasteiger partial charge in [0.05, 0.1) is 16.9 Å². The lowest BCUT2D eigenvalue weighted by Gasteiger charge is -2.18. The average Bonchev–Trinajstić information content (AvgIpc) is 3.30. The maximum Gasteiger partial charge on any atom is 0.301 e. The molecular formula is C16H14N8O2. The van der Waals surface area contributed by atoms with E-state index >= 15 is 0 Å². The number of nitrogens with zero attached hydrogens (tertiary/aromatic N) is 6. The fraction of sp³-hybridized carbons (Fsp3) is 0.250. The quantitative estimate of drug-likeness (QED) is 0.422. The van der Waals surface area contributed by atoms with Crippen molar-refractivity contribution in [1.82, 2.24) is 19.9 Å². The van der Waals surface area contributed by atoms with Crippen LogP contribution >= 0.6 is 0 Å². The highest BCUT2D eigenvalue weighted by Crippen LogP contribution is 2.30. The van der Waals surface area contributed by atoms with Crippen LogP contribution in [-0.2, 0) is 0 Å². The third-order valence-corrected chi connectivity index (χ3v) is 4.34. The maximum absolute atomic E-state index is 11.3. The monoisotopic (exact) mass is 350 g/mol. The van der Waals surface area contributed by atoms with Crippen LogP contribution in [-0.4, -0.2) is 44.0 Å². The van der Waals surface area contributed by atoms with Gasteiger partial charge in [0.15, 0.2) is 0 Å². The molecule has 130 valence electrons. The van der Waals surface area contributed by atoms with Crippen molar-refractivity contribution in [2.24, 2.45) is 0 Å². The molecule has 0 amide bonds. The van der Waals surface area contributed by atoms with Gasteiger partial charge in [-0.15, -0.1) is 0 Å². The van der Waals surface area contributed by atoms with Crippen LogP contribution in [0.4, 0.5) is 23.0 Å². The number of anilines is 2. The smallest absolute Gasteiger partial charge is 0.301 e. The number of nitro groups is 1. The molecule has 0 aromatic carbocycles. The predicted molar refractivity (Wildman–Crippen MR) is 95.3 cm³/mol. The molecule has 10 heteroatoms. The summed E-state index contributed by atoms with van der Waals surface area (Å²) >= 11 is 0. The molecule has 2 N–H and O–H groups in total. The van der Waals surface area contributed by atoms with Gasteiger partial charge in [-0.1, -0.05) is 0 Å². The van der Waals surface area contributed by atoms with Crippen molar-refractivity contribution in [3.05, 3.63) is 52.4 Å². The number of hydrogen-bond donors (Lipinski definition) is 2. The second-order valence-electron chi connectivity index (χ2n) is 5.94. The largest absolute Gasteiger partial charge is 0.360 e. The van der Waals surface area contributed by atoms with Gasteiger partial charge in [-0.2, -0.15) is 0 Å². The van der Waals surface area contributed by atoms with Gasteiger partial charge >= 0.3 is 5.69 Å². The fourth-order valence-electron chi connectivity index (χ4n) is 3.13. The van der Waals surface area contributed by atoms with Crippen LogP contribution in [0.25, 0.3) is 15.9 Å². The Labute approximate surface area is 147 Å². The van der Waals surface area contributed by atoms with Crippen molar-refractivity contribution in [3.63, 3.8) is 0 Å². The molecule has 0 radical (unpaired) electrons. The van der Waals surface area contributed by atoms with Gasteiger partial charge in [-0.3, -0.25) is 10.1 Å². The first-order valence-electron chi connectivity index (χ1n) is 7.97. The Balaban J connectivity index is 1.54. The first-order valence-corrected chi connectivity index (χ1v) is 7.97. The van der Waals surface area contributed by atoms with Gasteiger partial charge in [0.2, 0.25) is 11.5 Å². The molecule has 1 fully saturated rings. The van der Waals surface area contributed by atoms with Crippen molar-refractivity contribution in [2.75, 3.05) is 23.3 Å². The molecule has 0 unspecified atom stereocenters. The topological polar surface area (TPSA) is 117 Å². The number of fused-ring (bicyclic) bond motifs is 1. The van der Waals surface area contributed by atoms with E-state index in [2.05, 4.69) is 35.0 Å². The van der Waals surface area contributed by atoms with Crippen LogP contribution in [0.2, 0.25) is 0 Å². The number of pyridine rings is 1. The van der Waals surface area contributed by atoms with Crippen molar-refractivity contribution >= 4 is 34.0 Å². The van der Waals surface area contributed by atoms with Crippen LogP contribution in [0.1, 0.15) is 6.42 Å². The highest BCUT2D eigenvalue weighted by atomic mass is 16.6. The number of aromatic nitrogens is 4. The summed E-state index contributed by atoms with van der Waals surface area (Å²) in [6, 6.07) is 3.16. The minimum atomic E-state index is -0.523. The standard InChI is InChI=1S/C16H14N8O2/c1-17-11-6-13(24(25)26)15(19-7-11)22-10-3-5-23(8-10)16-12-2-4-18-14(12)20-9-21-16/h2,4,6-7,9-10H,3,5,8H2,(H,19,22)(H,18,20,21)/t10-/m1/s1. The highest BCUT2D eigenvalue weighted by molar-refractivity contribution is 5.87. The third kappa shape index (κ3) is 2.75. The van der Waals surface area contributed by atoms with E-state index in [-0.39, 0.29) is 23.2 Å². The summed E-state index contributed by atoms with van der Waals surface area (Å²) in [5.41, 5.74) is 0.733. The normalized spacial score (nSPS) is 16.6. The molecule has 10 nitrogen and oxygen atoms in total. The van der Waals surface area contributed by atoms with Crippen molar-refractivity contribution < 1.29 is 4.92 Å². The second kappa shape index (κ2) is 6.29. The lowest BCUT2D eigenvalue weighted by atomic mass is 10.2. The zero-order chi connectivity index (χ0) is 18.1. The summed E-state index contributed by atoms with van der Waals surface area (Å²) in [5.74, 6) is 1.02. The van der Waals surface area contributed by atoms with Gasteiger partial charge in [-0.25, -0.2) is 19.8 Å². The summed E-state index contributed by atoms with van der Waals surface area (Å²) in [7, 11) is 0. The summed E-state index contributed by atoms with van der Waals surface area (Å²) in [6.45, 7) is 8.38. The Bertz CT molecular complexity index is 1020. The Morgan fingerprint density at radius 3 is 3.12 bits per heavy atom. The van der Waals surface area contributed by atoms with Gasteiger partial charge in [0.1, 0.15) is 17.8 Å². The third-order valence-electron chi connectivity index (χ3n) is 4.34. The zero-order valence-electron chi connectivity index (χ0n) is 13.6. The van der Waals surface area contributed by atoms with Crippen molar-refractivity contribution in [2.45, 2.75) is 12.5 Å². The predicted octanol–water partition coefficient (Wildman–Crippen LogP) is 2.50. The first kappa shape index (κ1) is 15.8. The van der Waals surface area contributed by atoms with Gasteiger partial charge < -0.3 is 15.2 Å². The molecule has 1 aliphatic rings. The number of rotatable bonds is 4. The number of nitrogens with one attached hydrogen (secondary N) is 2. The van der Waals surface area contributed by atoms with E-state index in [1.165, 1.54) is 18.6 Å². The molecule has 1 aliphatic heterocycles. The van der Waals surface area contributed by atoms with E-state index in [0.29, 0.717) is 6.54 Å². The van der Waals surface area contributed by atoms with Gasteiger partial charge in [0, 0.05) is 37.6 Å². The lowest BCUT2D eigenvalue weighted by Crippen LogP contribution is -2.27.